The Morgan fingerprint density at radius 1 is 0.816 bits per heavy atom. The van der Waals surface area contributed by atoms with Gasteiger partial charge in [0.1, 0.15) is 11.5 Å². The fraction of sp³-hybridized carbons (Fsp3) is 0.185. The number of rotatable bonds is 4. The Balaban J connectivity index is 1.42. The van der Waals surface area contributed by atoms with Crippen molar-refractivity contribution in [3.63, 3.8) is 0 Å². The third kappa shape index (κ3) is 5.35. The SMILES string of the molecule is O=C(c1cc(-c2ccc(F)cc2)nn1-c1ccc(Cl)c(Cl)c1)N1CCN(c2cccc(C(F)(F)F)c2)CC1. The third-order valence-corrected chi connectivity index (χ3v) is 7.06. The maximum atomic E-state index is 13.7. The molecular weight excluding hydrogens is 543 g/mol. The predicted octanol–water partition coefficient (Wildman–Crippen LogP) is 6.97. The predicted molar refractivity (Wildman–Crippen MR) is 139 cm³/mol. The molecule has 0 saturated carbocycles. The molecule has 0 spiro atoms. The highest BCUT2D eigenvalue weighted by molar-refractivity contribution is 6.42. The first kappa shape index (κ1) is 26.1. The van der Waals surface area contributed by atoms with Gasteiger partial charge in [0.25, 0.3) is 5.91 Å². The topological polar surface area (TPSA) is 41.4 Å². The van der Waals surface area contributed by atoms with Crippen molar-refractivity contribution < 1.29 is 22.4 Å². The molecule has 1 amide bonds. The van der Waals surface area contributed by atoms with E-state index in [1.54, 1.807) is 47.4 Å². The Morgan fingerprint density at radius 3 is 2.18 bits per heavy atom. The van der Waals surface area contributed by atoms with Gasteiger partial charge in [-0.3, -0.25) is 4.79 Å². The zero-order valence-electron chi connectivity index (χ0n) is 19.7. The van der Waals surface area contributed by atoms with Gasteiger partial charge in [0, 0.05) is 37.4 Å². The fourth-order valence-electron chi connectivity index (χ4n) is 4.32. The molecule has 11 heteroatoms. The van der Waals surface area contributed by atoms with Crippen LogP contribution in [0.5, 0.6) is 0 Å². The number of aromatic nitrogens is 2. The van der Waals surface area contributed by atoms with Gasteiger partial charge < -0.3 is 9.80 Å². The molecule has 4 aromatic rings. The van der Waals surface area contributed by atoms with Gasteiger partial charge in [-0.15, -0.1) is 0 Å². The van der Waals surface area contributed by atoms with E-state index < -0.39 is 17.6 Å². The smallest absolute Gasteiger partial charge is 0.368 e. The van der Waals surface area contributed by atoms with E-state index in [1.165, 1.54) is 22.9 Å². The zero-order valence-corrected chi connectivity index (χ0v) is 21.2. The van der Waals surface area contributed by atoms with E-state index in [4.69, 9.17) is 23.2 Å². The highest BCUT2D eigenvalue weighted by atomic mass is 35.5. The number of anilines is 1. The summed E-state index contributed by atoms with van der Waals surface area (Å²) in [6.07, 6.45) is -4.43. The Kier molecular flexibility index (Phi) is 7.07. The molecular formula is C27H20Cl2F4N4O. The molecule has 3 aromatic carbocycles. The maximum Gasteiger partial charge on any atom is 0.416 e. The van der Waals surface area contributed by atoms with E-state index in [0.717, 1.165) is 12.1 Å². The molecule has 1 aliphatic heterocycles. The van der Waals surface area contributed by atoms with Crippen molar-refractivity contribution in [3.05, 3.63) is 99.9 Å². The van der Waals surface area contributed by atoms with Crippen LogP contribution in [0.1, 0.15) is 16.1 Å². The van der Waals surface area contributed by atoms with Crippen molar-refractivity contribution in [2.24, 2.45) is 0 Å². The largest absolute Gasteiger partial charge is 0.416 e. The van der Waals surface area contributed by atoms with Crippen molar-refractivity contribution in [1.82, 2.24) is 14.7 Å². The van der Waals surface area contributed by atoms with E-state index in [0.29, 0.717) is 53.8 Å². The zero-order chi connectivity index (χ0) is 27.0. The van der Waals surface area contributed by atoms with Crippen molar-refractivity contribution >= 4 is 34.8 Å². The molecule has 1 fully saturated rings. The first-order chi connectivity index (χ1) is 18.1. The van der Waals surface area contributed by atoms with Gasteiger partial charge in [-0.2, -0.15) is 18.3 Å². The highest BCUT2D eigenvalue weighted by Gasteiger charge is 2.32. The lowest BCUT2D eigenvalue weighted by molar-refractivity contribution is -0.137. The van der Waals surface area contributed by atoms with Crippen LogP contribution in [-0.4, -0.2) is 46.8 Å². The lowest BCUT2D eigenvalue weighted by Gasteiger charge is -2.36. The van der Waals surface area contributed by atoms with Gasteiger partial charge in [-0.25, -0.2) is 9.07 Å². The highest BCUT2D eigenvalue weighted by Crippen LogP contribution is 2.32. The van der Waals surface area contributed by atoms with Crippen molar-refractivity contribution in [2.75, 3.05) is 31.1 Å². The van der Waals surface area contributed by atoms with E-state index in [2.05, 4.69) is 5.10 Å². The number of piperazine rings is 1. The summed E-state index contributed by atoms with van der Waals surface area (Å²) in [5, 5.41) is 5.23. The Bertz CT molecular complexity index is 1480. The Hall–Kier alpha value is -3.56. The lowest BCUT2D eigenvalue weighted by Crippen LogP contribution is -2.49. The van der Waals surface area contributed by atoms with Crippen LogP contribution < -0.4 is 4.90 Å². The summed E-state index contributed by atoms with van der Waals surface area (Å²) in [5.74, 6) is -0.701. The number of amides is 1. The van der Waals surface area contributed by atoms with Crippen LogP contribution in [0.4, 0.5) is 23.2 Å². The Morgan fingerprint density at radius 2 is 1.53 bits per heavy atom. The normalized spacial score (nSPS) is 14.2. The molecule has 1 aromatic heterocycles. The number of hydrogen-bond acceptors (Lipinski definition) is 3. The molecule has 2 heterocycles. The molecule has 0 bridgehead atoms. The van der Waals surface area contributed by atoms with Gasteiger partial charge in [0.15, 0.2) is 0 Å². The average molecular weight is 563 g/mol. The summed E-state index contributed by atoms with van der Waals surface area (Å²) in [5.41, 5.74) is 1.59. The number of carbonyl (C=O) groups excluding carboxylic acids is 1. The molecule has 5 nitrogen and oxygen atoms in total. The van der Waals surface area contributed by atoms with Crippen LogP contribution in [-0.2, 0) is 6.18 Å². The molecule has 196 valence electrons. The molecule has 38 heavy (non-hydrogen) atoms. The molecule has 0 atom stereocenters. The van der Waals surface area contributed by atoms with Crippen molar-refractivity contribution in [1.29, 1.82) is 0 Å². The summed E-state index contributed by atoms with van der Waals surface area (Å²) in [6, 6.07) is 17.4. The van der Waals surface area contributed by atoms with Crippen LogP contribution in [0.25, 0.3) is 16.9 Å². The van der Waals surface area contributed by atoms with Crippen LogP contribution in [0.3, 0.4) is 0 Å². The molecule has 1 saturated heterocycles. The van der Waals surface area contributed by atoms with E-state index in [1.807, 2.05) is 4.90 Å². The first-order valence-electron chi connectivity index (χ1n) is 11.6. The molecule has 5 rings (SSSR count). The summed E-state index contributed by atoms with van der Waals surface area (Å²) in [6.45, 7) is 1.32. The molecule has 0 radical (unpaired) electrons. The number of hydrogen-bond donors (Lipinski definition) is 0. The van der Waals surface area contributed by atoms with Crippen LogP contribution >= 0.6 is 23.2 Å². The summed E-state index contributed by atoms with van der Waals surface area (Å²) in [4.78, 5) is 17.1. The fourth-order valence-corrected chi connectivity index (χ4v) is 4.61. The molecule has 0 aliphatic carbocycles. The summed E-state index contributed by atoms with van der Waals surface area (Å²) in [7, 11) is 0. The van der Waals surface area contributed by atoms with E-state index in [9.17, 15) is 22.4 Å². The second-order valence-electron chi connectivity index (χ2n) is 8.76. The third-order valence-electron chi connectivity index (χ3n) is 6.32. The van der Waals surface area contributed by atoms with Gasteiger partial charge in [0.05, 0.1) is 27.0 Å². The number of alkyl halides is 3. The number of halogens is 6. The van der Waals surface area contributed by atoms with Crippen molar-refractivity contribution in [3.8, 4) is 16.9 Å². The van der Waals surface area contributed by atoms with Crippen LogP contribution in [0, 0.1) is 5.82 Å². The van der Waals surface area contributed by atoms with Gasteiger partial charge in [0.2, 0.25) is 0 Å². The maximum absolute atomic E-state index is 13.7. The molecule has 0 N–H and O–H groups in total. The van der Waals surface area contributed by atoms with Gasteiger partial charge in [-0.05, 0) is 66.7 Å². The van der Waals surface area contributed by atoms with Gasteiger partial charge in [-0.1, -0.05) is 29.3 Å². The van der Waals surface area contributed by atoms with Crippen LogP contribution in [0.2, 0.25) is 10.0 Å². The molecule has 1 aliphatic rings. The molecule has 0 unspecified atom stereocenters. The monoisotopic (exact) mass is 562 g/mol. The number of carbonyl (C=O) groups is 1. The summed E-state index contributed by atoms with van der Waals surface area (Å²) < 4.78 is 54.4. The summed E-state index contributed by atoms with van der Waals surface area (Å²) >= 11 is 12.3. The second kappa shape index (κ2) is 10.3. The quantitative estimate of drug-likeness (QED) is 0.252. The van der Waals surface area contributed by atoms with Crippen LogP contribution in [0.15, 0.2) is 72.8 Å². The van der Waals surface area contributed by atoms with Crippen molar-refractivity contribution in [2.45, 2.75) is 6.18 Å². The lowest BCUT2D eigenvalue weighted by atomic mass is 10.1. The first-order valence-corrected chi connectivity index (χ1v) is 12.4. The second-order valence-corrected chi connectivity index (χ2v) is 9.57. The van der Waals surface area contributed by atoms with Gasteiger partial charge >= 0.3 is 6.18 Å². The van der Waals surface area contributed by atoms with E-state index >= 15 is 0 Å². The minimum Gasteiger partial charge on any atom is -0.368 e. The minimum atomic E-state index is -4.43. The van der Waals surface area contributed by atoms with E-state index in [-0.39, 0.29) is 16.6 Å². The number of benzene rings is 3. The minimum absolute atomic E-state index is 0.259. The number of nitrogens with zero attached hydrogens (tertiary/aromatic N) is 4. The standard InChI is InChI=1S/C27H20Cl2F4N4O/c28-22-9-8-21(15-23(22)29)37-25(16-24(34-37)17-4-6-19(30)7-5-17)26(38)36-12-10-35(11-13-36)20-3-1-2-18(14-20)27(31,32)33/h1-9,14-16H,10-13H2. The average Bonchev–Trinajstić information content (AvgIpc) is 3.35. The Labute approximate surface area is 225 Å².